The van der Waals surface area contributed by atoms with Crippen LogP contribution in [0.1, 0.15) is 19.3 Å². The summed E-state index contributed by atoms with van der Waals surface area (Å²) in [5, 5.41) is 8.68. The molecule has 1 heterocycles. The average Bonchev–Trinajstić information content (AvgIpc) is 2.63. The molecule has 1 atom stereocenters. The predicted octanol–water partition coefficient (Wildman–Crippen LogP) is -0.455. The molecule has 12 heavy (non-hydrogen) atoms. The SMILES string of the molecule is O=S(=O)(C1CC1)N1CCC1CO. The van der Waals surface area contributed by atoms with Gasteiger partial charge in [0, 0.05) is 12.6 Å². The highest BCUT2D eigenvalue weighted by molar-refractivity contribution is 7.90. The van der Waals surface area contributed by atoms with E-state index in [1.54, 1.807) is 0 Å². The Morgan fingerprint density at radius 2 is 2.00 bits per heavy atom. The Kier molecular flexibility index (Phi) is 1.89. The van der Waals surface area contributed by atoms with E-state index < -0.39 is 10.0 Å². The summed E-state index contributed by atoms with van der Waals surface area (Å²) >= 11 is 0. The zero-order chi connectivity index (χ0) is 8.77. The first kappa shape index (κ1) is 8.47. The summed E-state index contributed by atoms with van der Waals surface area (Å²) in [6, 6.07) is -0.129. The van der Waals surface area contributed by atoms with Gasteiger partial charge in [-0.05, 0) is 19.3 Å². The molecule has 1 unspecified atom stereocenters. The maximum atomic E-state index is 11.6. The van der Waals surface area contributed by atoms with Crippen molar-refractivity contribution in [3.63, 3.8) is 0 Å². The van der Waals surface area contributed by atoms with Crippen LogP contribution in [0.15, 0.2) is 0 Å². The van der Waals surface area contributed by atoms with E-state index in [1.165, 1.54) is 4.31 Å². The molecule has 2 fully saturated rings. The lowest BCUT2D eigenvalue weighted by molar-refractivity contribution is 0.116. The van der Waals surface area contributed by atoms with E-state index in [1.807, 2.05) is 0 Å². The Morgan fingerprint density at radius 3 is 2.33 bits per heavy atom. The first-order chi connectivity index (χ1) is 5.66. The maximum Gasteiger partial charge on any atom is 0.217 e. The van der Waals surface area contributed by atoms with Crippen molar-refractivity contribution in [3.05, 3.63) is 0 Å². The molecule has 0 radical (unpaired) electrons. The van der Waals surface area contributed by atoms with Crippen LogP contribution in [0.4, 0.5) is 0 Å². The maximum absolute atomic E-state index is 11.6. The molecule has 0 amide bonds. The fourth-order valence-electron chi connectivity index (χ4n) is 1.49. The Bertz CT molecular complexity index is 268. The zero-order valence-corrected chi connectivity index (χ0v) is 7.63. The summed E-state index contributed by atoms with van der Waals surface area (Å²) in [6.07, 6.45) is 2.41. The molecule has 1 aliphatic carbocycles. The van der Waals surface area contributed by atoms with Gasteiger partial charge in [-0.3, -0.25) is 0 Å². The predicted molar refractivity (Wildman–Crippen MR) is 44.1 cm³/mol. The molecule has 5 heteroatoms. The van der Waals surface area contributed by atoms with E-state index >= 15 is 0 Å². The van der Waals surface area contributed by atoms with E-state index in [4.69, 9.17) is 5.11 Å². The lowest BCUT2D eigenvalue weighted by Crippen LogP contribution is -2.53. The van der Waals surface area contributed by atoms with Gasteiger partial charge >= 0.3 is 0 Å². The minimum Gasteiger partial charge on any atom is -0.395 e. The molecule has 70 valence electrons. The second-order valence-corrected chi connectivity index (χ2v) is 5.65. The van der Waals surface area contributed by atoms with Gasteiger partial charge in [-0.2, -0.15) is 4.31 Å². The molecular weight excluding hydrogens is 178 g/mol. The number of nitrogens with zero attached hydrogens (tertiary/aromatic N) is 1. The Labute approximate surface area is 72.2 Å². The molecule has 2 rings (SSSR count). The molecule has 0 aromatic heterocycles. The Morgan fingerprint density at radius 1 is 1.33 bits per heavy atom. The van der Waals surface area contributed by atoms with Crippen LogP contribution in [0.2, 0.25) is 0 Å². The molecule has 1 saturated heterocycles. The van der Waals surface area contributed by atoms with Gasteiger partial charge in [-0.15, -0.1) is 0 Å². The van der Waals surface area contributed by atoms with Gasteiger partial charge in [0.15, 0.2) is 0 Å². The summed E-state index contributed by atoms with van der Waals surface area (Å²) in [4.78, 5) is 0. The van der Waals surface area contributed by atoms with Crippen molar-refractivity contribution in [3.8, 4) is 0 Å². The smallest absolute Gasteiger partial charge is 0.217 e. The van der Waals surface area contributed by atoms with Crippen LogP contribution < -0.4 is 0 Å². The number of sulfonamides is 1. The standard InChI is InChI=1S/C7H13NO3S/c9-5-6-3-4-8(6)12(10,11)7-1-2-7/h6-7,9H,1-5H2. The van der Waals surface area contributed by atoms with Gasteiger partial charge < -0.3 is 5.11 Å². The van der Waals surface area contributed by atoms with Crippen LogP contribution in [-0.2, 0) is 10.0 Å². The summed E-state index contributed by atoms with van der Waals surface area (Å²) in [5.74, 6) is 0. The molecule has 1 aliphatic heterocycles. The van der Waals surface area contributed by atoms with Crippen LogP contribution in [0.5, 0.6) is 0 Å². The van der Waals surface area contributed by atoms with Gasteiger partial charge in [-0.25, -0.2) is 8.42 Å². The third-order valence-corrected chi connectivity index (χ3v) is 5.02. The van der Waals surface area contributed by atoms with Crippen molar-refractivity contribution in [2.45, 2.75) is 30.6 Å². The van der Waals surface area contributed by atoms with E-state index in [-0.39, 0.29) is 17.9 Å². The van der Waals surface area contributed by atoms with Gasteiger partial charge in [0.05, 0.1) is 11.9 Å². The summed E-state index contributed by atoms with van der Waals surface area (Å²) in [5.41, 5.74) is 0. The van der Waals surface area contributed by atoms with Gasteiger partial charge in [0.2, 0.25) is 10.0 Å². The minimum atomic E-state index is -3.02. The van der Waals surface area contributed by atoms with Crippen LogP contribution in [0, 0.1) is 0 Å². The number of hydrogen-bond acceptors (Lipinski definition) is 3. The lowest BCUT2D eigenvalue weighted by atomic mass is 10.1. The highest BCUT2D eigenvalue weighted by Gasteiger charge is 2.45. The van der Waals surface area contributed by atoms with Crippen molar-refractivity contribution in [2.75, 3.05) is 13.2 Å². The second kappa shape index (κ2) is 2.68. The summed E-state index contributed by atoms with van der Waals surface area (Å²) in [7, 11) is -3.02. The minimum absolute atomic E-state index is 0.0358. The molecule has 1 N–H and O–H groups in total. The average molecular weight is 191 g/mol. The topological polar surface area (TPSA) is 57.6 Å². The van der Waals surface area contributed by atoms with Crippen molar-refractivity contribution in [1.29, 1.82) is 0 Å². The van der Waals surface area contributed by atoms with Crippen molar-refractivity contribution >= 4 is 10.0 Å². The summed E-state index contributed by atoms with van der Waals surface area (Å²) in [6.45, 7) is 0.565. The van der Waals surface area contributed by atoms with Gasteiger partial charge in [-0.1, -0.05) is 0 Å². The third kappa shape index (κ3) is 1.16. The monoisotopic (exact) mass is 191 g/mol. The molecule has 1 saturated carbocycles. The number of hydrogen-bond donors (Lipinski definition) is 1. The fraction of sp³-hybridized carbons (Fsp3) is 1.00. The molecular formula is C7H13NO3S. The second-order valence-electron chi connectivity index (χ2n) is 3.48. The molecule has 0 bridgehead atoms. The van der Waals surface area contributed by atoms with Crippen LogP contribution in [0.25, 0.3) is 0 Å². The van der Waals surface area contributed by atoms with Crippen LogP contribution in [0.3, 0.4) is 0 Å². The van der Waals surface area contributed by atoms with E-state index in [9.17, 15) is 8.42 Å². The highest BCUT2D eigenvalue weighted by Crippen LogP contribution is 2.35. The molecule has 0 aromatic rings. The Hall–Kier alpha value is -0.130. The highest BCUT2D eigenvalue weighted by atomic mass is 32.2. The van der Waals surface area contributed by atoms with Crippen molar-refractivity contribution in [2.24, 2.45) is 0 Å². The van der Waals surface area contributed by atoms with E-state index in [0.717, 1.165) is 19.3 Å². The molecule has 0 aromatic carbocycles. The molecule has 2 aliphatic rings. The Balaban J connectivity index is 2.08. The number of rotatable bonds is 3. The zero-order valence-electron chi connectivity index (χ0n) is 6.81. The quantitative estimate of drug-likeness (QED) is 0.657. The van der Waals surface area contributed by atoms with Crippen LogP contribution in [-0.4, -0.2) is 42.3 Å². The van der Waals surface area contributed by atoms with E-state index in [0.29, 0.717) is 6.54 Å². The number of aliphatic hydroxyl groups excluding tert-OH is 1. The lowest BCUT2D eigenvalue weighted by Gasteiger charge is -2.38. The van der Waals surface area contributed by atoms with E-state index in [2.05, 4.69) is 0 Å². The van der Waals surface area contributed by atoms with Crippen molar-refractivity contribution < 1.29 is 13.5 Å². The first-order valence-electron chi connectivity index (χ1n) is 4.28. The van der Waals surface area contributed by atoms with Crippen LogP contribution >= 0.6 is 0 Å². The summed E-state index contributed by atoms with van der Waals surface area (Å²) < 4.78 is 24.6. The normalized spacial score (nSPS) is 31.6. The first-order valence-corrected chi connectivity index (χ1v) is 5.78. The fourth-order valence-corrected chi connectivity index (χ4v) is 3.55. The van der Waals surface area contributed by atoms with Crippen molar-refractivity contribution in [1.82, 2.24) is 4.31 Å². The van der Waals surface area contributed by atoms with Gasteiger partial charge in [0.25, 0.3) is 0 Å². The number of aliphatic hydroxyl groups is 1. The third-order valence-electron chi connectivity index (χ3n) is 2.57. The molecule has 4 nitrogen and oxygen atoms in total. The molecule has 0 spiro atoms. The van der Waals surface area contributed by atoms with Gasteiger partial charge in [0.1, 0.15) is 0 Å². The largest absolute Gasteiger partial charge is 0.395 e.